The lowest BCUT2D eigenvalue weighted by Crippen LogP contribution is -2.26. The van der Waals surface area contributed by atoms with E-state index in [0.717, 1.165) is 0 Å². The topological polar surface area (TPSA) is 111 Å². The third-order valence-electron chi connectivity index (χ3n) is 3.39. The smallest absolute Gasteiger partial charge is 0.252 e. The summed E-state index contributed by atoms with van der Waals surface area (Å²) in [4.78, 5) is 23.7. The molecule has 4 N–H and O–H groups in total. The molecule has 0 spiro atoms. The lowest BCUT2D eigenvalue weighted by atomic mass is 10.2. The van der Waals surface area contributed by atoms with Crippen molar-refractivity contribution >= 4 is 34.0 Å². The molecule has 8 heteroatoms. The monoisotopic (exact) mass is 419 g/mol. The van der Waals surface area contributed by atoms with Gasteiger partial charge in [0.1, 0.15) is 11.5 Å². The first kappa shape index (κ1) is 19.5. The molecule has 0 bridgehead atoms. The number of amides is 2. The largest absolute Gasteiger partial charge is 0.508 e. The molecular formula is C18H18BrN3O4. The van der Waals surface area contributed by atoms with Crippen LogP contribution in [-0.2, 0) is 4.79 Å². The van der Waals surface area contributed by atoms with E-state index in [-0.39, 0.29) is 29.7 Å². The van der Waals surface area contributed by atoms with E-state index < -0.39 is 0 Å². The highest BCUT2D eigenvalue weighted by Crippen LogP contribution is 2.20. The summed E-state index contributed by atoms with van der Waals surface area (Å²) in [6.45, 7) is 0.357. The molecule has 2 aromatic rings. The maximum absolute atomic E-state index is 12.0. The first-order chi connectivity index (χ1) is 12.5. The molecule has 7 nitrogen and oxygen atoms in total. The van der Waals surface area contributed by atoms with Gasteiger partial charge >= 0.3 is 0 Å². The molecule has 0 unspecified atom stereocenters. The van der Waals surface area contributed by atoms with Gasteiger partial charge in [-0.25, -0.2) is 5.43 Å². The van der Waals surface area contributed by atoms with Gasteiger partial charge in [0.05, 0.1) is 11.8 Å². The summed E-state index contributed by atoms with van der Waals surface area (Å²) in [6, 6.07) is 11.1. The maximum Gasteiger partial charge on any atom is 0.252 e. The Labute approximate surface area is 158 Å². The minimum atomic E-state index is -0.311. The third-order valence-corrected chi connectivity index (χ3v) is 4.08. The quantitative estimate of drug-likeness (QED) is 0.313. The lowest BCUT2D eigenvalue weighted by Gasteiger charge is -2.06. The van der Waals surface area contributed by atoms with Crippen molar-refractivity contribution in [1.29, 1.82) is 0 Å². The highest BCUT2D eigenvalue weighted by atomic mass is 79.9. The Morgan fingerprint density at radius 3 is 2.65 bits per heavy atom. The Hall–Kier alpha value is -2.87. The Balaban J connectivity index is 1.70. The van der Waals surface area contributed by atoms with Gasteiger partial charge in [0, 0.05) is 29.1 Å². The van der Waals surface area contributed by atoms with E-state index in [1.54, 1.807) is 18.2 Å². The number of nitrogens with one attached hydrogen (secondary N) is 2. The van der Waals surface area contributed by atoms with Gasteiger partial charge in [0.2, 0.25) is 5.91 Å². The molecule has 2 rings (SSSR count). The summed E-state index contributed by atoms with van der Waals surface area (Å²) in [5.41, 5.74) is 3.24. The van der Waals surface area contributed by atoms with Gasteiger partial charge in [0.25, 0.3) is 5.91 Å². The van der Waals surface area contributed by atoms with Gasteiger partial charge in [-0.15, -0.1) is 0 Å². The zero-order valence-electron chi connectivity index (χ0n) is 13.8. The molecule has 136 valence electrons. The van der Waals surface area contributed by atoms with Gasteiger partial charge < -0.3 is 15.5 Å². The number of phenols is 2. The van der Waals surface area contributed by atoms with Crippen molar-refractivity contribution in [3.8, 4) is 11.5 Å². The minimum Gasteiger partial charge on any atom is -0.508 e. The van der Waals surface area contributed by atoms with Crippen LogP contribution < -0.4 is 10.7 Å². The molecule has 0 aliphatic heterocycles. The average molecular weight is 420 g/mol. The number of phenolic OH excluding ortho intramolecular Hbond substituents is 2. The summed E-state index contributed by atoms with van der Waals surface area (Å²) >= 11 is 3.31. The standard InChI is InChI=1S/C18H18BrN3O4/c19-15-5-2-1-4-14(15)18(26)20-9-3-6-17(25)22-21-11-12-7-8-13(23)10-16(12)24/h1-2,4-5,7-8,10-11,23-24H,3,6,9H2,(H,20,26)(H,22,25)/b21-11+. The Bertz CT molecular complexity index is 824. The second-order valence-electron chi connectivity index (χ2n) is 5.38. The first-order valence-electron chi connectivity index (χ1n) is 7.84. The molecule has 0 radical (unpaired) electrons. The summed E-state index contributed by atoms with van der Waals surface area (Å²) < 4.78 is 0.710. The molecule has 0 fully saturated rings. The molecule has 26 heavy (non-hydrogen) atoms. The number of halogens is 1. The fourth-order valence-corrected chi connectivity index (χ4v) is 2.53. The predicted octanol–water partition coefficient (Wildman–Crippen LogP) is 2.52. The van der Waals surface area contributed by atoms with Crippen molar-refractivity contribution in [1.82, 2.24) is 10.7 Å². The van der Waals surface area contributed by atoms with E-state index >= 15 is 0 Å². The fourth-order valence-electron chi connectivity index (χ4n) is 2.06. The van der Waals surface area contributed by atoms with Crippen LogP contribution in [0.15, 0.2) is 52.0 Å². The lowest BCUT2D eigenvalue weighted by molar-refractivity contribution is -0.121. The SMILES string of the molecule is O=C(CCCNC(=O)c1ccccc1Br)N/N=C/c1ccc(O)cc1O. The number of aromatic hydroxyl groups is 2. The molecule has 0 aromatic heterocycles. The Morgan fingerprint density at radius 2 is 1.92 bits per heavy atom. The van der Waals surface area contributed by atoms with E-state index in [9.17, 15) is 19.8 Å². The van der Waals surface area contributed by atoms with Crippen LogP contribution in [0, 0.1) is 0 Å². The fraction of sp³-hybridized carbons (Fsp3) is 0.167. The third kappa shape index (κ3) is 5.89. The van der Waals surface area contributed by atoms with Gasteiger partial charge in [-0.2, -0.15) is 5.10 Å². The number of carbonyl (C=O) groups excluding carboxylic acids is 2. The average Bonchev–Trinajstić information content (AvgIpc) is 2.61. The number of benzene rings is 2. The number of nitrogens with zero attached hydrogens (tertiary/aromatic N) is 1. The van der Waals surface area contributed by atoms with Crippen molar-refractivity contribution in [2.45, 2.75) is 12.8 Å². The molecule has 0 saturated heterocycles. The van der Waals surface area contributed by atoms with Gasteiger partial charge in [-0.1, -0.05) is 12.1 Å². The molecule has 0 saturated carbocycles. The second-order valence-corrected chi connectivity index (χ2v) is 6.23. The van der Waals surface area contributed by atoms with Crippen LogP contribution in [0.1, 0.15) is 28.8 Å². The van der Waals surface area contributed by atoms with Crippen molar-refractivity contribution in [3.63, 3.8) is 0 Å². The number of hydrazone groups is 1. The van der Waals surface area contributed by atoms with Crippen LogP contribution in [0.2, 0.25) is 0 Å². The van der Waals surface area contributed by atoms with Crippen LogP contribution in [-0.4, -0.2) is 34.8 Å². The number of hydrogen-bond acceptors (Lipinski definition) is 5. The number of rotatable bonds is 7. The Morgan fingerprint density at radius 1 is 1.15 bits per heavy atom. The molecular weight excluding hydrogens is 402 g/mol. The summed E-state index contributed by atoms with van der Waals surface area (Å²) in [5.74, 6) is -0.723. The molecule has 0 atom stereocenters. The van der Waals surface area contributed by atoms with Crippen molar-refractivity contribution in [3.05, 3.63) is 58.1 Å². The second kappa shape index (κ2) is 9.57. The highest BCUT2D eigenvalue weighted by molar-refractivity contribution is 9.10. The van der Waals surface area contributed by atoms with Gasteiger partial charge in [-0.05, 0) is 46.6 Å². The van der Waals surface area contributed by atoms with E-state index in [1.807, 2.05) is 6.07 Å². The van der Waals surface area contributed by atoms with Crippen molar-refractivity contribution < 1.29 is 19.8 Å². The maximum atomic E-state index is 12.0. The number of hydrogen-bond donors (Lipinski definition) is 4. The number of carbonyl (C=O) groups is 2. The first-order valence-corrected chi connectivity index (χ1v) is 8.63. The molecule has 2 amide bonds. The van der Waals surface area contributed by atoms with Crippen LogP contribution in [0.4, 0.5) is 0 Å². The molecule has 0 aliphatic rings. The Kier molecular flexibility index (Phi) is 7.16. The zero-order chi connectivity index (χ0) is 18.9. The highest BCUT2D eigenvalue weighted by Gasteiger charge is 2.08. The van der Waals surface area contributed by atoms with Gasteiger partial charge in [-0.3, -0.25) is 9.59 Å². The molecule has 0 aliphatic carbocycles. The van der Waals surface area contributed by atoms with Gasteiger partial charge in [0.15, 0.2) is 0 Å². The minimum absolute atomic E-state index is 0.0618. The summed E-state index contributed by atoms with van der Waals surface area (Å²) in [7, 11) is 0. The molecule has 0 heterocycles. The summed E-state index contributed by atoms with van der Waals surface area (Å²) in [6.07, 6.45) is 1.93. The summed E-state index contributed by atoms with van der Waals surface area (Å²) in [5, 5.41) is 25.3. The van der Waals surface area contributed by atoms with Crippen LogP contribution >= 0.6 is 15.9 Å². The van der Waals surface area contributed by atoms with E-state index in [0.29, 0.717) is 28.6 Å². The normalized spacial score (nSPS) is 10.7. The van der Waals surface area contributed by atoms with Crippen LogP contribution in [0.25, 0.3) is 0 Å². The van der Waals surface area contributed by atoms with E-state index in [2.05, 4.69) is 31.8 Å². The van der Waals surface area contributed by atoms with E-state index in [4.69, 9.17) is 0 Å². The zero-order valence-corrected chi connectivity index (χ0v) is 15.4. The predicted molar refractivity (Wildman–Crippen MR) is 101 cm³/mol. The van der Waals surface area contributed by atoms with E-state index in [1.165, 1.54) is 24.4 Å². The molecule has 2 aromatic carbocycles. The van der Waals surface area contributed by atoms with Crippen molar-refractivity contribution in [2.75, 3.05) is 6.54 Å². The van der Waals surface area contributed by atoms with Crippen molar-refractivity contribution in [2.24, 2.45) is 5.10 Å². The van der Waals surface area contributed by atoms with Crippen LogP contribution in [0.3, 0.4) is 0 Å². The van der Waals surface area contributed by atoms with Crippen LogP contribution in [0.5, 0.6) is 11.5 Å².